The van der Waals surface area contributed by atoms with Gasteiger partial charge in [0.05, 0.1) is 11.8 Å². The summed E-state index contributed by atoms with van der Waals surface area (Å²) in [7, 11) is -4.35. The number of hydrogen-bond donors (Lipinski definition) is 1. The Kier molecular flexibility index (Phi) is 4.39. The first-order valence-corrected chi connectivity index (χ1v) is 6.91. The molecule has 0 aliphatic rings. The maximum Gasteiger partial charge on any atom is 0.416 e. The van der Waals surface area contributed by atoms with E-state index in [2.05, 4.69) is 0 Å². The zero-order chi connectivity index (χ0) is 15.8. The van der Waals surface area contributed by atoms with E-state index >= 15 is 0 Å². The van der Waals surface area contributed by atoms with Crippen LogP contribution in [0.4, 0.5) is 26.3 Å². The molecular formula is C10H9F6NO2S. The van der Waals surface area contributed by atoms with Crippen molar-refractivity contribution in [3.05, 3.63) is 35.4 Å². The van der Waals surface area contributed by atoms with Gasteiger partial charge in [-0.25, -0.2) is 8.42 Å². The second-order valence-electron chi connectivity index (χ2n) is 3.95. The quantitative estimate of drug-likeness (QED) is 0.870. The summed E-state index contributed by atoms with van der Waals surface area (Å²) in [5.41, 5.74) is -2.74. The first-order valence-electron chi connectivity index (χ1n) is 5.02. The van der Waals surface area contributed by atoms with E-state index in [0.29, 0.717) is 18.4 Å². The third-order valence-corrected chi connectivity index (χ3v) is 2.90. The van der Waals surface area contributed by atoms with Gasteiger partial charge in [0.25, 0.3) is 0 Å². The Morgan fingerprint density at radius 3 is 1.95 bits per heavy atom. The van der Waals surface area contributed by atoms with E-state index in [4.69, 9.17) is 0 Å². The number of rotatable bonds is 3. The molecular weight excluding hydrogens is 312 g/mol. The van der Waals surface area contributed by atoms with Crippen molar-refractivity contribution in [2.75, 3.05) is 6.26 Å². The molecule has 0 radical (unpaired) electrons. The smallest absolute Gasteiger partial charge is 0.213 e. The first-order chi connectivity index (χ1) is 8.82. The van der Waals surface area contributed by atoms with Gasteiger partial charge in [-0.3, -0.25) is 0 Å². The van der Waals surface area contributed by atoms with Crippen LogP contribution in [0, 0.1) is 0 Å². The van der Waals surface area contributed by atoms with Crippen LogP contribution in [-0.2, 0) is 16.2 Å². The van der Waals surface area contributed by atoms with Gasteiger partial charge in [0.2, 0.25) is 10.0 Å². The largest absolute Gasteiger partial charge is 0.416 e. The van der Waals surface area contributed by atoms with Crippen LogP contribution in [0.15, 0.2) is 24.3 Å². The number of nitrogens with one attached hydrogen (secondary N) is 1. The molecule has 0 aliphatic carbocycles. The molecule has 1 aromatic rings. The van der Waals surface area contributed by atoms with E-state index in [1.807, 2.05) is 0 Å². The highest BCUT2D eigenvalue weighted by Crippen LogP contribution is 2.40. The Labute approximate surface area is 110 Å². The molecule has 3 nitrogen and oxygen atoms in total. The average Bonchev–Trinajstić information content (AvgIpc) is 2.22. The van der Waals surface area contributed by atoms with Gasteiger partial charge in [-0.05, 0) is 11.6 Å². The van der Waals surface area contributed by atoms with Crippen LogP contribution in [0.2, 0.25) is 0 Å². The van der Waals surface area contributed by atoms with Crippen LogP contribution in [0.1, 0.15) is 17.2 Å². The van der Waals surface area contributed by atoms with Crippen LogP contribution in [0.25, 0.3) is 0 Å². The van der Waals surface area contributed by atoms with Crippen LogP contribution in [0.3, 0.4) is 0 Å². The van der Waals surface area contributed by atoms with Crippen molar-refractivity contribution in [2.45, 2.75) is 18.4 Å². The van der Waals surface area contributed by atoms with Crippen molar-refractivity contribution in [2.24, 2.45) is 0 Å². The van der Waals surface area contributed by atoms with Crippen molar-refractivity contribution in [3.8, 4) is 0 Å². The molecule has 1 unspecified atom stereocenters. The SMILES string of the molecule is CS(=O)(=O)NC(c1ccccc1C(F)(F)F)C(F)(F)F. The summed E-state index contributed by atoms with van der Waals surface area (Å²) < 4.78 is 99.5. The Morgan fingerprint density at radius 2 is 1.55 bits per heavy atom. The van der Waals surface area contributed by atoms with Crippen LogP contribution < -0.4 is 4.72 Å². The summed E-state index contributed by atoms with van der Waals surface area (Å²) in [4.78, 5) is 0. The minimum Gasteiger partial charge on any atom is -0.213 e. The molecule has 1 N–H and O–H groups in total. The van der Waals surface area contributed by atoms with Gasteiger partial charge < -0.3 is 0 Å². The Bertz CT molecular complexity index is 578. The van der Waals surface area contributed by atoms with E-state index in [-0.39, 0.29) is 0 Å². The van der Waals surface area contributed by atoms with E-state index in [1.165, 1.54) is 4.72 Å². The zero-order valence-corrected chi connectivity index (χ0v) is 10.7. The molecule has 0 aromatic heterocycles. The van der Waals surface area contributed by atoms with Crippen LogP contribution >= 0.6 is 0 Å². The summed E-state index contributed by atoms with van der Waals surface area (Å²) in [5.74, 6) is 0. The molecule has 1 aromatic carbocycles. The summed E-state index contributed by atoms with van der Waals surface area (Å²) in [5, 5.41) is 0. The normalized spacial score (nSPS) is 15.2. The fourth-order valence-electron chi connectivity index (χ4n) is 1.53. The van der Waals surface area contributed by atoms with Crippen molar-refractivity contribution < 1.29 is 34.8 Å². The summed E-state index contributed by atoms with van der Waals surface area (Å²) in [6.07, 6.45) is -9.80. The molecule has 0 heterocycles. The molecule has 0 saturated carbocycles. The van der Waals surface area contributed by atoms with Crippen molar-refractivity contribution in [1.29, 1.82) is 0 Å². The monoisotopic (exact) mass is 321 g/mol. The molecule has 20 heavy (non-hydrogen) atoms. The molecule has 0 aliphatic heterocycles. The van der Waals surface area contributed by atoms with Crippen molar-refractivity contribution in [3.63, 3.8) is 0 Å². The van der Waals surface area contributed by atoms with Gasteiger partial charge in [-0.2, -0.15) is 31.1 Å². The molecule has 0 saturated heterocycles. The Balaban J connectivity index is 3.44. The summed E-state index contributed by atoms with van der Waals surface area (Å²) >= 11 is 0. The number of hydrogen-bond acceptors (Lipinski definition) is 2. The molecule has 0 bridgehead atoms. The molecule has 10 heteroatoms. The number of sulfonamides is 1. The maximum atomic E-state index is 12.8. The highest BCUT2D eigenvalue weighted by Gasteiger charge is 2.46. The predicted octanol–water partition coefficient (Wildman–Crippen LogP) is 2.86. The van der Waals surface area contributed by atoms with Gasteiger partial charge in [0.15, 0.2) is 0 Å². The van der Waals surface area contributed by atoms with Crippen LogP contribution in [-0.4, -0.2) is 20.8 Å². The second-order valence-corrected chi connectivity index (χ2v) is 5.73. The van der Waals surface area contributed by atoms with Gasteiger partial charge >= 0.3 is 12.4 Å². The zero-order valence-electron chi connectivity index (χ0n) is 9.88. The molecule has 1 rings (SSSR count). The van der Waals surface area contributed by atoms with Gasteiger partial charge in [-0.1, -0.05) is 18.2 Å². The van der Waals surface area contributed by atoms with Crippen LogP contribution in [0.5, 0.6) is 0 Å². The van der Waals surface area contributed by atoms with E-state index in [9.17, 15) is 34.8 Å². The summed E-state index contributed by atoms with van der Waals surface area (Å²) in [6.45, 7) is 0. The van der Waals surface area contributed by atoms with E-state index in [0.717, 1.165) is 12.1 Å². The molecule has 1 atom stereocenters. The molecule has 0 amide bonds. The second kappa shape index (κ2) is 5.24. The lowest BCUT2D eigenvalue weighted by Crippen LogP contribution is -2.38. The number of halogens is 6. The van der Waals surface area contributed by atoms with Gasteiger partial charge in [0, 0.05) is 0 Å². The lowest BCUT2D eigenvalue weighted by atomic mass is 10.0. The topological polar surface area (TPSA) is 46.2 Å². The lowest BCUT2D eigenvalue weighted by molar-refractivity contribution is -0.158. The summed E-state index contributed by atoms with van der Waals surface area (Å²) in [6, 6.07) is -0.0414. The highest BCUT2D eigenvalue weighted by atomic mass is 32.2. The van der Waals surface area contributed by atoms with Crippen molar-refractivity contribution in [1.82, 2.24) is 4.72 Å². The minimum atomic E-state index is -5.20. The maximum absolute atomic E-state index is 12.8. The number of alkyl halides is 6. The molecule has 114 valence electrons. The third-order valence-electron chi connectivity index (χ3n) is 2.24. The first kappa shape index (κ1) is 16.8. The van der Waals surface area contributed by atoms with Gasteiger partial charge in [0.1, 0.15) is 6.04 Å². The number of benzene rings is 1. The van der Waals surface area contributed by atoms with E-state index < -0.39 is 39.5 Å². The lowest BCUT2D eigenvalue weighted by Gasteiger charge is -2.24. The highest BCUT2D eigenvalue weighted by molar-refractivity contribution is 7.88. The Morgan fingerprint density at radius 1 is 1.05 bits per heavy atom. The fraction of sp³-hybridized carbons (Fsp3) is 0.400. The minimum absolute atomic E-state index is 0.432. The standard InChI is InChI=1S/C10H9F6NO2S/c1-20(18,19)17-8(10(14,15)16)6-4-2-3-5-7(6)9(11,12)13/h2-5,8,17H,1H3. The predicted molar refractivity (Wildman–Crippen MR) is 58.2 cm³/mol. The third kappa shape index (κ3) is 4.37. The molecule has 0 fully saturated rings. The van der Waals surface area contributed by atoms with Gasteiger partial charge in [-0.15, -0.1) is 0 Å². The molecule has 0 spiro atoms. The average molecular weight is 321 g/mol. The fourth-order valence-corrected chi connectivity index (χ4v) is 2.22. The Hall–Kier alpha value is -1.29. The van der Waals surface area contributed by atoms with E-state index in [1.54, 1.807) is 0 Å². The van der Waals surface area contributed by atoms with Crippen molar-refractivity contribution >= 4 is 10.0 Å².